The molecule has 24 heavy (non-hydrogen) atoms. The zero-order valence-corrected chi connectivity index (χ0v) is 15.3. The third-order valence-electron chi connectivity index (χ3n) is 3.95. The molecule has 1 atom stereocenters. The first-order valence-electron chi connectivity index (χ1n) is 8.11. The predicted molar refractivity (Wildman–Crippen MR) is 93.9 cm³/mol. The van der Waals surface area contributed by atoms with Crippen molar-refractivity contribution in [3.63, 3.8) is 0 Å². The highest BCUT2D eigenvalue weighted by molar-refractivity contribution is 6.32. The number of amides is 1. The van der Waals surface area contributed by atoms with E-state index in [1.54, 1.807) is 17.2 Å². The van der Waals surface area contributed by atoms with Crippen LogP contribution in [0.2, 0.25) is 5.15 Å². The molecule has 132 valence electrons. The molecule has 1 aliphatic heterocycles. The van der Waals surface area contributed by atoms with Gasteiger partial charge in [-0.25, -0.2) is 9.78 Å². The van der Waals surface area contributed by atoms with Crippen molar-refractivity contribution < 1.29 is 14.3 Å². The summed E-state index contributed by atoms with van der Waals surface area (Å²) >= 11 is 6.04. The summed E-state index contributed by atoms with van der Waals surface area (Å²) in [6, 6.07) is 1.88. The summed E-state index contributed by atoms with van der Waals surface area (Å²) in [5, 5.41) is 0.201. The predicted octanol–water partition coefficient (Wildman–Crippen LogP) is 3.38. The molecular formula is C17H24ClN3O3. The van der Waals surface area contributed by atoms with Gasteiger partial charge in [0.25, 0.3) is 0 Å². The molecule has 6 nitrogen and oxygen atoms in total. The molecule has 0 N–H and O–H groups in total. The number of halogens is 1. The van der Waals surface area contributed by atoms with Gasteiger partial charge in [0.05, 0.1) is 11.3 Å². The van der Waals surface area contributed by atoms with Gasteiger partial charge in [0.15, 0.2) is 6.29 Å². The number of pyridine rings is 1. The minimum atomic E-state index is -0.515. The van der Waals surface area contributed by atoms with Crippen LogP contribution in [0.5, 0.6) is 0 Å². The maximum Gasteiger partial charge on any atom is 0.410 e. The van der Waals surface area contributed by atoms with Gasteiger partial charge >= 0.3 is 6.09 Å². The van der Waals surface area contributed by atoms with E-state index in [0.717, 1.165) is 18.4 Å². The van der Waals surface area contributed by atoms with Crippen LogP contribution in [0.4, 0.5) is 10.5 Å². The van der Waals surface area contributed by atoms with E-state index in [1.165, 1.54) is 0 Å². The average molecular weight is 354 g/mol. The van der Waals surface area contributed by atoms with E-state index in [9.17, 15) is 9.59 Å². The topological polar surface area (TPSA) is 62.7 Å². The Balaban J connectivity index is 2.18. The van der Waals surface area contributed by atoms with Crippen LogP contribution in [0.25, 0.3) is 0 Å². The number of carbonyl (C=O) groups excluding carboxylic acids is 2. The molecule has 0 aromatic carbocycles. The lowest BCUT2D eigenvalue weighted by Gasteiger charge is -2.43. The van der Waals surface area contributed by atoms with Crippen molar-refractivity contribution in [1.29, 1.82) is 0 Å². The van der Waals surface area contributed by atoms with E-state index in [1.807, 2.05) is 20.8 Å². The van der Waals surface area contributed by atoms with Gasteiger partial charge in [-0.15, -0.1) is 0 Å². The zero-order chi connectivity index (χ0) is 17.9. The SMILES string of the molecule is CC[C@H]1CN(C(=O)OC(C)(C)C)CCN1c1ccnc(Cl)c1C=O. The van der Waals surface area contributed by atoms with Crippen LogP contribution in [0.15, 0.2) is 12.3 Å². The number of piperazine rings is 1. The number of hydrogen-bond donors (Lipinski definition) is 0. The van der Waals surface area contributed by atoms with E-state index < -0.39 is 5.60 Å². The second-order valence-corrected chi connectivity index (χ2v) is 7.19. The van der Waals surface area contributed by atoms with Crippen molar-refractivity contribution in [2.24, 2.45) is 0 Å². The van der Waals surface area contributed by atoms with Crippen molar-refractivity contribution in [2.45, 2.75) is 45.8 Å². The van der Waals surface area contributed by atoms with Gasteiger partial charge in [-0.1, -0.05) is 18.5 Å². The highest BCUT2D eigenvalue weighted by atomic mass is 35.5. The largest absolute Gasteiger partial charge is 0.444 e. The minimum absolute atomic E-state index is 0.0865. The number of rotatable bonds is 3. The standard InChI is InChI=1S/C17H24ClN3O3/c1-5-12-10-20(16(23)24-17(2,3)4)8-9-21(12)14-6-7-19-15(18)13(14)11-22/h6-7,11-12H,5,8-10H2,1-4H3/t12-/m0/s1. The molecular weight excluding hydrogens is 330 g/mol. The molecule has 0 spiro atoms. The Morgan fingerprint density at radius 3 is 2.75 bits per heavy atom. The second kappa shape index (κ2) is 7.38. The number of nitrogens with zero attached hydrogens (tertiary/aromatic N) is 3. The number of hydrogen-bond acceptors (Lipinski definition) is 5. The summed E-state index contributed by atoms with van der Waals surface area (Å²) in [6.07, 6.45) is 2.86. The Hall–Kier alpha value is -1.82. The summed E-state index contributed by atoms with van der Waals surface area (Å²) in [4.78, 5) is 31.5. The lowest BCUT2D eigenvalue weighted by molar-refractivity contribution is 0.0213. The lowest BCUT2D eigenvalue weighted by Crippen LogP contribution is -2.55. The zero-order valence-electron chi connectivity index (χ0n) is 14.6. The van der Waals surface area contributed by atoms with Crippen LogP contribution in [0, 0.1) is 0 Å². The molecule has 0 bridgehead atoms. The molecule has 2 heterocycles. The van der Waals surface area contributed by atoms with E-state index in [2.05, 4.69) is 16.8 Å². The van der Waals surface area contributed by atoms with E-state index in [4.69, 9.17) is 16.3 Å². The van der Waals surface area contributed by atoms with E-state index >= 15 is 0 Å². The first-order chi connectivity index (χ1) is 11.3. The van der Waals surface area contributed by atoms with Crippen molar-refractivity contribution in [2.75, 3.05) is 24.5 Å². The Morgan fingerprint density at radius 1 is 1.46 bits per heavy atom. The van der Waals surface area contributed by atoms with Crippen molar-refractivity contribution in [3.8, 4) is 0 Å². The summed E-state index contributed by atoms with van der Waals surface area (Å²) in [6.45, 7) is 9.31. The van der Waals surface area contributed by atoms with Crippen LogP contribution >= 0.6 is 11.6 Å². The highest BCUT2D eigenvalue weighted by Gasteiger charge is 2.32. The summed E-state index contributed by atoms with van der Waals surface area (Å²) < 4.78 is 5.46. The van der Waals surface area contributed by atoms with Crippen LogP contribution in [-0.2, 0) is 4.74 Å². The summed E-state index contributed by atoms with van der Waals surface area (Å²) in [5.41, 5.74) is 0.642. The smallest absolute Gasteiger partial charge is 0.410 e. The van der Waals surface area contributed by atoms with Gasteiger partial charge in [0, 0.05) is 31.9 Å². The number of aromatic nitrogens is 1. The van der Waals surface area contributed by atoms with Crippen LogP contribution in [-0.4, -0.2) is 53.5 Å². The maximum atomic E-state index is 12.3. The third kappa shape index (κ3) is 4.17. The van der Waals surface area contributed by atoms with Crippen molar-refractivity contribution in [3.05, 3.63) is 23.0 Å². The third-order valence-corrected chi connectivity index (χ3v) is 4.25. The lowest BCUT2D eigenvalue weighted by atomic mass is 10.1. The van der Waals surface area contributed by atoms with Crippen molar-refractivity contribution in [1.82, 2.24) is 9.88 Å². The molecule has 0 saturated carbocycles. The molecule has 7 heteroatoms. The Kier molecular flexibility index (Phi) is 5.70. The minimum Gasteiger partial charge on any atom is -0.444 e. The molecule has 0 unspecified atom stereocenters. The van der Waals surface area contributed by atoms with E-state index in [0.29, 0.717) is 25.2 Å². The quantitative estimate of drug-likeness (QED) is 0.615. The molecule has 0 radical (unpaired) electrons. The monoisotopic (exact) mass is 353 g/mol. The number of carbonyl (C=O) groups is 2. The van der Waals surface area contributed by atoms with Crippen LogP contribution in [0.1, 0.15) is 44.5 Å². The van der Waals surface area contributed by atoms with Gasteiger partial charge in [-0.05, 0) is 33.3 Å². The van der Waals surface area contributed by atoms with Gasteiger partial charge in [0.2, 0.25) is 0 Å². The second-order valence-electron chi connectivity index (χ2n) is 6.83. The molecule has 1 aromatic heterocycles. The first kappa shape index (κ1) is 18.5. The summed E-state index contributed by atoms with van der Waals surface area (Å²) in [7, 11) is 0. The fraction of sp³-hybridized carbons (Fsp3) is 0.588. The van der Waals surface area contributed by atoms with Crippen molar-refractivity contribution >= 4 is 29.7 Å². The molecule has 1 saturated heterocycles. The van der Waals surface area contributed by atoms with Crippen LogP contribution in [0.3, 0.4) is 0 Å². The van der Waals surface area contributed by atoms with Crippen LogP contribution < -0.4 is 4.90 Å². The van der Waals surface area contributed by atoms with Gasteiger partial charge < -0.3 is 14.5 Å². The maximum absolute atomic E-state index is 12.3. The fourth-order valence-electron chi connectivity index (χ4n) is 2.81. The summed E-state index contributed by atoms with van der Waals surface area (Å²) in [5.74, 6) is 0. The number of anilines is 1. The molecule has 1 amide bonds. The Labute approximate surface area is 147 Å². The molecule has 0 aliphatic carbocycles. The Morgan fingerprint density at radius 2 is 2.17 bits per heavy atom. The molecule has 1 fully saturated rings. The van der Waals surface area contributed by atoms with E-state index in [-0.39, 0.29) is 17.3 Å². The number of aldehydes is 1. The van der Waals surface area contributed by atoms with Gasteiger partial charge in [0.1, 0.15) is 10.8 Å². The average Bonchev–Trinajstić information content (AvgIpc) is 2.52. The molecule has 2 rings (SSSR count). The fourth-order valence-corrected chi connectivity index (χ4v) is 3.01. The Bertz CT molecular complexity index is 616. The molecule has 1 aliphatic rings. The first-order valence-corrected chi connectivity index (χ1v) is 8.49. The normalized spacial score (nSPS) is 18.5. The highest BCUT2D eigenvalue weighted by Crippen LogP contribution is 2.28. The molecule has 1 aromatic rings. The van der Waals surface area contributed by atoms with Gasteiger partial charge in [-0.2, -0.15) is 0 Å². The number of ether oxygens (including phenoxy) is 1. The van der Waals surface area contributed by atoms with Gasteiger partial charge in [-0.3, -0.25) is 4.79 Å².